The number of nitrogens with zero attached hydrogens (tertiary/aromatic N) is 3. The summed E-state index contributed by atoms with van der Waals surface area (Å²) in [6.45, 7) is 0.730. The second-order valence-corrected chi connectivity index (χ2v) is 6.37. The molecule has 2 heterocycles. The SMILES string of the molecule is N[C@H](Cc1ccc(F)cc1)c1nc(O)c2cc(C3C=NNC3)ccc2n1. The molecule has 2 atom stereocenters. The second kappa shape index (κ2) is 6.68. The van der Waals surface area contributed by atoms with E-state index in [1.165, 1.54) is 12.1 Å². The highest BCUT2D eigenvalue weighted by atomic mass is 19.1. The zero-order chi connectivity index (χ0) is 18.1. The molecule has 0 bridgehead atoms. The standard InChI is InChI=1S/C19H18FN5O/c20-14-4-1-11(2-5-14)7-16(21)18-24-17-6-3-12(13-9-22-23-10-13)8-15(17)19(26)25-18/h1-6,8-9,13,16,23H,7,10,21H2,(H,24,25,26)/t13?,16-/m1/s1. The van der Waals surface area contributed by atoms with E-state index in [2.05, 4.69) is 20.5 Å². The highest BCUT2D eigenvalue weighted by Crippen LogP contribution is 2.27. The van der Waals surface area contributed by atoms with E-state index in [1.54, 1.807) is 12.1 Å². The van der Waals surface area contributed by atoms with Gasteiger partial charge in [-0.15, -0.1) is 0 Å². The van der Waals surface area contributed by atoms with Gasteiger partial charge in [0.05, 0.1) is 16.9 Å². The van der Waals surface area contributed by atoms with Crippen molar-refractivity contribution >= 4 is 17.1 Å². The van der Waals surface area contributed by atoms with Crippen LogP contribution in [0.1, 0.15) is 28.9 Å². The van der Waals surface area contributed by atoms with E-state index >= 15 is 0 Å². The van der Waals surface area contributed by atoms with E-state index in [-0.39, 0.29) is 17.6 Å². The summed E-state index contributed by atoms with van der Waals surface area (Å²) in [5, 5.41) is 15.0. The molecule has 7 heteroatoms. The zero-order valence-corrected chi connectivity index (χ0v) is 13.9. The summed E-state index contributed by atoms with van der Waals surface area (Å²) in [5.74, 6) is 0.139. The Hall–Kier alpha value is -3.06. The average molecular weight is 351 g/mol. The molecule has 0 aliphatic carbocycles. The molecule has 26 heavy (non-hydrogen) atoms. The second-order valence-electron chi connectivity index (χ2n) is 6.37. The van der Waals surface area contributed by atoms with Gasteiger partial charge in [0, 0.05) is 18.7 Å². The fourth-order valence-corrected chi connectivity index (χ4v) is 3.06. The van der Waals surface area contributed by atoms with Gasteiger partial charge in [0.2, 0.25) is 5.88 Å². The lowest BCUT2D eigenvalue weighted by molar-refractivity contribution is 0.453. The summed E-state index contributed by atoms with van der Waals surface area (Å²) >= 11 is 0. The van der Waals surface area contributed by atoms with Gasteiger partial charge in [-0.3, -0.25) is 0 Å². The molecule has 0 fully saturated rings. The average Bonchev–Trinajstić information content (AvgIpc) is 3.18. The Bertz CT molecular complexity index is 974. The number of rotatable bonds is 4. The predicted octanol–water partition coefficient (Wildman–Crippen LogP) is 2.39. The molecular weight excluding hydrogens is 333 g/mol. The maximum Gasteiger partial charge on any atom is 0.222 e. The molecule has 0 saturated heterocycles. The Labute approximate surface area is 149 Å². The number of aromatic hydroxyl groups is 1. The van der Waals surface area contributed by atoms with Crippen molar-refractivity contribution in [3.05, 3.63) is 65.2 Å². The third kappa shape index (κ3) is 3.21. The first kappa shape index (κ1) is 16.4. The number of halogens is 1. The van der Waals surface area contributed by atoms with E-state index in [0.717, 1.165) is 17.7 Å². The topological polar surface area (TPSA) is 96.4 Å². The lowest BCUT2D eigenvalue weighted by Gasteiger charge is -2.13. The van der Waals surface area contributed by atoms with Crippen molar-refractivity contribution in [1.29, 1.82) is 0 Å². The molecule has 0 amide bonds. The van der Waals surface area contributed by atoms with Crippen LogP contribution in [0, 0.1) is 5.82 Å². The van der Waals surface area contributed by atoms with Crippen molar-refractivity contribution in [2.45, 2.75) is 18.4 Å². The molecule has 3 aromatic rings. The number of hydrazone groups is 1. The van der Waals surface area contributed by atoms with Gasteiger partial charge in [0.25, 0.3) is 0 Å². The lowest BCUT2D eigenvalue weighted by atomic mass is 9.99. The molecule has 1 unspecified atom stereocenters. The van der Waals surface area contributed by atoms with Crippen molar-refractivity contribution in [2.75, 3.05) is 6.54 Å². The molecule has 4 rings (SSSR count). The first-order valence-electron chi connectivity index (χ1n) is 8.37. The Morgan fingerprint density at radius 1 is 1.19 bits per heavy atom. The molecular formula is C19H18FN5O. The lowest BCUT2D eigenvalue weighted by Crippen LogP contribution is -2.17. The van der Waals surface area contributed by atoms with Crippen LogP contribution in [-0.4, -0.2) is 27.8 Å². The van der Waals surface area contributed by atoms with Crippen LogP contribution < -0.4 is 11.2 Å². The fourth-order valence-electron chi connectivity index (χ4n) is 3.06. The molecule has 4 N–H and O–H groups in total. The van der Waals surface area contributed by atoms with Crippen LogP contribution in [0.4, 0.5) is 4.39 Å². The zero-order valence-electron chi connectivity index (χ0n) is 13.9. The number of fused-ring (bicyclic) bond motifs is 1. The van der Waals surface area contributed by atoms with E-state index in [9.17, 15) is 9.50 Å². The first-order chi connectivity index (χ1) is 12.6. The third-order valence-electron chi connectivity index (χ3n) is 4.50. The smallest absolute Gasteiger partial charge is 0.222 e. The van der Waals surface area contributed by atoms with E-state index < -0.39 is 6.04 Å². The molecule has 6 nitrogen and oxygen atoms in total. The van der Waals surface area contributed by atoms with Gasteiger partial charge in [0.15, 0.2) is 0 Å². The Balaban J connectivity index is 1.62. The molecule has 1 aliphatic rings. The first-order valence-corrected chi connectivity index (χ1v) is 8.37. The molecule has 0 spiro atoms. The van der Waals surface area contributed by atoms with Crippen LogP contribution in [0.25, 0.3) is 10.9 Å². The summed E-state index contributed by atoms with van der Waals surface area (Å²) < 4.78 is 13.0. The molecule has 1 aliphatic heterocycles. The van der Waals surface area contributed by atoms with E-state index in [4.69, 9.17) is 5.73 Å². The van der Waals surface area contributed by atoms with E-state index in [1.807, 2.05) is 24.4 Å². The molecule has 2 aromatic carbocycles. The number of hydrogen-bond donors (Lipinski definition) is 3. The summed E-state index contributed by atoms with van der Waals surface area (Å²) in [6, 6.07) is 11.3. The monoisotopic (exact) mass is 351 g/mol. The number of aromatic nitrogens is 2. The number of nitrogens with two attached hydrogens (primary N) is 1. The Morgan fingerprint density at radius 3 is 2.73 bits per heavy atom. The molecule has 1 aromatic heterocycles. The fraction of sp³-hybridized carbons (Fsp3) is 0.211. The maximum atomic E-state index is 13.0. The quantitative estimate of drug-likeness (QED) is 0.671. The summed E-state index contributed by atoms with van der Waals surface area (Å²) in [4.78, 5) is 8.68. The van der Waals surface area contributed by atoms with E-state index in [0.29, 0.717) is 23.1 Å². The van der Waals surface area contributed by atoms with Crippen molar-refractivity contribution in [3.8, 4) is 5.88 Å². The van der Waals surface area contributed by atoms with Crippen LogP contribution in [0.2, 0.25) is 0 Å². The normalized spacial score (nSPS) is 17.4. The molecule has 0 saturated carbocycles. The number of benzene rings is 2. The van der Waals surface area contributed by atoms with Crippen LogP contribution >= 0.6 is 0 Å². The predicted molar refractivity (Wildman–Crippen MR) is 97.5 cm³/mol. The van der Waals surface area contributed by atoms with Gasteiger partial charge >= 0.3 is 0 Å². The molecule has 0 radical (unpaired) electrons. The van der Waals surface area contributed by atoms with Crippen LogP contribution in [-0.2, 0) is 6.42 Å². The summed E-state index contributed by atoms with van der Waals surface area (Å²) in [7, 11) is 0. The largest absolute Gasteiger partial charge is 0.493 e. The van der Waals surface area contributed by atoms with Gasteiger partial charge in [-0.2, -0.15) is 10.1 Å². The minimum absolute atomic E-state index is 0.0932. The maximum absolute atomic E-state index is 13.0. The minimum atomic E-state index is -0.499. The highest BCUT2D eigenvalue weighted by Gasteiger charge is 2.17. The number of nitrogens with one attached hydrogen (secondary N) is 1. The highest BCUT2D eigenvalue weighted by molar-refractivity contribution is 5.85. The molecule has 132 valence electrons. The number of hydrogen-bond acceptors (Lipinski definition) is 6. The van der Waals surface area contributed by atoms with Gasteiger partial charge in [-0.1, -0.05) is 18.2 Å². The van der Waals surface area contributed by atoms with Crippen LogP contribution in [0.3, 0.4) is 0 Å². The third-order valence-corrected chi connectivity index (χ3v) is 4.50. The van der Waals surface area contributed by atoms with Gasteiger partial charge in [-0.25, -0.2) is 9.37 Å². The Kier molecular flexibility index (Phi) is 4.22. The van der Waals surface area contributed by atoms with Gasteiger partial charge in [0.1, 0.15) is 11.6 Å². The Morgan fingerprint density at radius 2 is 2.00 bits per heavy atom. The summed E-state index contributed by atoms with van der Waals surface area (Å²) in [5.41, 5.74) is 11.7. The van der Waals surface area contributed by atoms with Crippen molar-refractivity contribution < 1.29 is 9.50 Å². The van der Waals surface area contributed by atoms with Crippen molar-refractivity contribution in [1.82, 2.24) is 15.4 Å². The van der Waals surface area contributed by atoms with Crippen molar-refractivity contribution in [2.24, 2.45) is 10.8 Å². The van der Waals surface area contributed by atoms with Crippen LogP contribution in [0.5, 0.6) is 5.88 Å². The minimum Gasteiger partial charge on any atom is -0.493 e. The summed E-state index contributed by atoms with van der Waals surface area (Å²) in [6.07, 6.45) is 2.29. The van der Waals surface area contributed by atoms with Gasteiger partial charge in [-0.05, 0) is 41.8 Å². The van der Waals surface area contributed by atoms with Crippen LogP contribution in [0.15, 0.2) is 47.6 Å². The van der Waals surface area contributed by atoms with Crippen molar-refractivity contribution in [3.63, 3.8) is 0 Å². The van der Waals surface area contributed by atoms with Gasteiger partial charge < -0.3 is 16.3 Å².